The number of halogens is 3. The smallest absolute Gasteiger partial charge is 0.202 e. The molecule has 0 fully saturated rings. The molecule has 1 heterocycles. The van der Waals surface area contributed by atoms with Crippen LogP contribution in [-0.2, 0) is 6.42 Å². The lowest BCUT2D eigenvalue weighted by Gasteiger charge is -2.09. The molecule has 102 valence electrons. The van der Waals surface area contributed by atoms with Gasteiger partial charge in [-0.05, 0) is 29.8 Å². The van der Waals surface area contributed by atoms with Gasteiger partial charge in [-0.1, -0.05) is 22.0 Å². The van der Waals surface area contributed by atoms with Gasteiger partial charge in [-0.2, -0.15) is 0 Å². The minimum absolute atomic E-state index is 0.177. The topological polar surface area (TPSA) is 26.3 Å². The highest BCUT2D eigenvalue weighted by Crippen LogP contribution is 2.35. The maximum atomic E-state index is 13.7. The van der Waals surface area contributed by atoms with E-state index in [1.54, 1.807) is 0 Å². The molecule has 0 amide bonds. The Kier molecular flexibility index (Phi) is 3.30. The van der Waals surface area contributed by atoms with Crippen LogP contribution < -0.4 is 4.74 Å². The van der Waals surface area contributed by atoms with Crippen molar-refractivity contribution in [3.05, 3.63) is 63.1 Å². The van der Waals surface area contributed by atoms with Crippen molar-refractivity contribution >= 4 is 21.7 Å². The van der Waals surface area contributed by atoms with Crippen molar-refractivity contribution in [2.45, 2.75) is 6.42 Å². The van der Waals surface area contributed by atoms with Crippen molar-refractivity contribution in [3.63, 3.8) is 0 Å². The third-order valence-electron chi connectivity index (χ3n) is 3.18. The average molecular weight is 339 g/mol. The van der Waals surface area contributed by atoms with Gasteiger partial charge in [0.2, 0.25) is 5.78 Å². The molecule has 5 heteroatoms. The Hall–Kier alpha value is -1.75. The van der Waals surface area contributed by atoms with Gasteiger partial charge in [-0.25, -0.2) is 8.78 Å². The van der Waals surface area contributed by atoms with Gasteiger partial charge in [0, 0.05) is 10.9 Å². The highest BCUT2D eigenvalue weighted by molar-refractivity contribution is 9.10. The zero-order valence-corrected chi connectivity index (χ0v) is 11.8. The van der Waals surface area contributed by atoms with Crippen LogP contribution in [0, 0.1) is 11.6 Å². The molecule has 3 rings (SSSR count). The summed E-state index contributed by atoms with van der Waals surface area (Å²) in [5.41, 5.74) is 0.485. The monoisotopic (exact) mass is 338 g/mol. The molecule has 20 heavy (non-hydrogen) atoms. The fraction of sp³-hybridized carbons (Fsp3) is 0.133. The Balaban J connectivity index is 2.17. The largest absolute Gasteiger partial charge is 0.492 e. The van der Waals surface area contributed by atoms with Gasteiger partial charge in [0.15, 0.2) is 0 Å². The Morgan fingerprint density at radius 2 is 1.90 bits per heavy atom. The Labute approximate surface area is 122 Å². The lowest BCUT2D eigenvalue weighted by molar-refractivity contribution is 0.102. The fourth-order valence-corrected chi connectivity index (χ4v) is 2.79. The molecule has 0 aliphatic carbocycles. The maximum absolute atomic E-state index is 13.7. The van der Waals surface area contributed by atoms with Crippen molar-refractivity contribution in [2.75, 3.05) is 6.61 Å². The van der Waals surface area contributed by atoms with Crippen LogP contribution in [0.15, 0.2) is 34.8 Å². The normalized spacial score (nSPS) is 12.9. The number of fused-ring (bicyclic) bond motifs is 1. The van der Waals surface area contributed by atoms with E-state index in [1.807, 2.05) is 6.07 Å². The number of benzene rings is 2. The first kappa shape index (κ1) is 13.2. The Morgan fingerprint density at radius 3 is 2.60 bits per heavy atom. The predicted molar refractivity (Wildman–Crippen MR) is 73.1 cm³/mol. The summed E-state index contributed by atoms with van der Waals surface area (Å²) in [6.45, 7) is 0.464. The zero-order chi connectivity index (χ0) is 14.3. The average Bonchev–Trinajstić information content (AvgIpc) is 2.85. The molecule has 0 unspecified atom stereocenters. The van der Waals surface area contributed by atoms with Crippen molar-refractivity contribution in [2.24, 2.45) is 0 Å². The summed E-state index contributed by atoms with van der Waals surface area (Å²) in [4.78, 5) is 12.4. The van der Waals surface area contributed by atoms with Gasteiger partial charge in [0.25, 0.3) is 0 Å². The summed E-state index contributed by atoms with van der Waals surface area (Å²) < 4.78 is 33.6. The SMILES string of the molecule is O=C(c1cc(Br)cc2c1OCC2)c1c(F)cccc1F. The van der Waals surface area contributed by atoms with Crippen LogP contribution in [0.4, 0.5) is 8.78 Å². The van der Waals surface area contributed by atoms with Crippen LogP contribution in [-0.4, -0.2) is 12.4 Å². The summed E-state index contributed by atoms with van der Waals surface area (Å²) >= 11 is 3.30. The van der Waals surface area contributed by atoms with E-state index in [4.69, 9.17) is 4.74 Å². The molecule has 2 aromatic carbocycles. The van der Waals surface area contributed by atoms with Gasteiger partial charge < -0.3 is 4.74 Å². The number of rotatable bonds is 2. The molecular weight excluding hydrogens is 330 g/mol. The van der Waals surface area contributed by atoms with E-state index >= 15 is 0 Å². The Morgan fingerprint density at radius 1 is 1.20 bits per heavy atom. The molecule has 0 bridgehead atoms. The number of ketones is 1. The van der Waals surface area contributed by atoms with E-state index in [2.05, 4.69) is 15.9 Å². The van der Waals surface area contributed by atoms with Gasteiger partial charge in [-0.3, -0.25) is 4.79 Å². The van der Waals surface area contributed by atoms with Crippen molar-refractivity contribution in [1.29, 1.82) is 0 Å². The molecule has 0 atom stereocenters. The zero-order valence-electron chi connectivity index (χ0n) is 10.3. The first-order valence-electron chi connectivity index (χ1n) is 6.02. The minimum atomic E-state index is -0.873. The second-order valence-electron chi connectivity index (χ2n) is 4.47. The Bertz CT molecular complexity index is 693. The van der Waals surface area contributed by atoms with Crippen LogP contribution in [0.3, 0.4) is 0 Å². The summed E-state index contributed by atoms with van der Waals surface area (Å²) in [5.74, 6) is -2.04. The van der Waals surface area contributed by atoms with E-state index < -0.39 is 23.0 Å². The van der Waals surface area contributed by atoms with Crippen LogP contribution in [0.5, 0.6) is 5.75 Å². The van der Waals surface area contributed by atoms with Crippen LogP contribution in [0.2, 0.25) is 0 Å². The first-order chi connectivity index (χ1) is 9.58. The maximum Gasteiger partial charge on any atom is 0.202 e. The fourth-order valence-electron chi connectivity index (χ4n) is 2.29. The minimum Gasteiger partial charge on any atom is -0.492 e. The molecule has 0 spiro atoms. The quantitative estimate of drug-likeness (QED) is 0.776. The van der Waals surface area contributed by atoms with E-state index in [-0.39, 0.29) is 5.56 Å². The number of hydrogen-bond acceptors (Lipinski definition) is 2. The summed E-state index contributed by atoms with van der Waals surface area (Å²) in [6, 6.07) is 6.73. The van der Waals surface area contributed by atoms with Crippen molar-refractivity contribution < 1.29 is 18.3 Å². The third kappa shape index (κ3) is 2.12. The van der Waals surface area contributed by atoms with Gasteiger partial charge in [-0.15, -0.1) is 0 Å². The number of carbonyl (C=O) groups excluding carboxylic acids is 1. The van der Waals surface area contributed by atoms with Crippen molar-refractivity contribution in [1.82, 2.24) is 0 Å². The lowest BCUT2D eigenvalue weighted by atomic mass is 9.99. The molecule has 1 aliphatic rings. The van der Waals surface area contributed by atoms with E-state index in [1.165, 1.54) is 12.1 Å². The van der Waals surface area contributed by atoms with Gasteiger partial charge in [0.05, 0.1) is 17.7 Å². The molecule has 0 saturated heterocycles. The molecule has 2 aromatic rings. The third-order valence-corrected chi connectivity index (χ3v) is 3.64. The van der Waals surface area contributed by atoms with Crippen molar-refractivity contribution in [3.8, 4) is 5.75 Å². The highest BCUT2D eigenvalue weighted by Gasteiger charge is 2.26. The van der Waals surface area contributed by atoms with Crippen LogP contribution in [0.1, 0.15) is 21.5 Å². The van der Waals surface area contributed by atoms with Crippen LogP contribution in [0.25, 0.3) is 0 Å². The first-order valence-corrected chi connectivity index (χ1v) is 6.81. The number of ether oxygens (including phenoxy) is 1. The summed E-state index contributed by atoms with van der Waals surface area (Å²) in [6.07, 6.45) is 0.675. The number of hydrogen-bond donors (Lipinski definition) is 0. The molecule has 0 radical (unpaired) electrons. The van der Waals surface area contributed by atoms with Gasteiger partial charge in [0.1, 0.15) is 17.4 Å². The highest BCUT2D eigenvalue weighted by atomic mass is 79.9. The predicted octanol–water partition coefficient (Wildman–Crippen LogP) is 3.89. The molecule has 0 N–H and O–H groups in total. The second kappa shape index (κ2) is 4.98. The molecule has 0 saturated carbocycles. The summed E-state index contributed by atoms with van der Waals surface area (Å²) in [7, 11) is 0. The molecular formula is C15H9BrF2O2. The van der Waals surface area contributed by atoms with Crippen LogP contribution >= 0.6 is 15.9 Å². The molecule has 2 nitrogen and oxygen atoms in total. The standard InChI is InChI=1S/C15H9BrF2O2/c16-9-6-8-4-5-20-15(8)10(7-9)14(19)13-11(17)2-1-3-12(13)18/h1-3,6-7H,4-5H2. The number of carbonyl (C=O) groups is 1. The summed E-state index contributed by atoms with van der Waals surface area (Å²) in [5, 5.41) is 0. The van der Waals surface area contributed by atoms with E-state index in [9.17, 15) is 13.6 Å². The van der Waals surface area contributed by atoms with E-state index in [0.29, 0.717) is 23.2 Å². The molecule has 0 aromatic heterocycles. The second-order valence-corrected chi connectivity index (χ2v) is 5.38. The molecule has 1 aliphatic heterocycles. The van der Waals surface area contributed by atoms with E-state index in [0.717, 1.165) is 17.7 Å². The lowest BCUT2D eigenvalue weighted by Crippen LogP contribution is -2.09. The van der Waals surface area contributed by atoms with Gasteiger partial charge >= 0.3 is 0 Å².